The molecule has 0 aliphatic carbocycles. The molecule has 1 N–H and O–H groups in total. The molecule has 1 aromatic heterocycles. The van der Waals surface area contributed by atoms with Crippen molar-refractivity contribution in [3.8, 4) is 0 Å². The molecule has 4 rings (SSSR count). The lowest BCUT2D eigenvalue weighted by molar-refractivity contribution is -0.137. The lowest BCUT2D eigenvalue weighted by Gasteiger charge is -2.43. The summed E-state index contributed by atoms with van der Waals surface area (Å²) in [5, 5.41) is 1.23. The zero-order valence-corrected chi connectivity index (χ0v) is 13.7. The summed E-state index contributed by atoms with van der Waals surface area (Å²) < 4.78 is 5.77. The summed E-state index contributed by atoms with van der Waals surface area (Å²) in [5.74, 6) is 0.776. The van der Waals surface area contributed by atoms with E-state index in [1.54, 1.807) is 0 Å². The van der Waals surface area contributed by atoms with E-state index in [9.17, 15) is 4.79 Å². The Balaban J connectivity index is 1.86. The molecule has 2 aliphatic rings. The monoisotopic (exact) mass is 311 g/mol. The fourth-order valence-corrected chi connectivity index (χ4v) is 3.88. The van der Waals surface area contributed by atoms with Crippen molar-refractivity contribution in [2.24, 2.45) is 4.99 Å². The summed E-state index contributed by atoms with van der Waals surface area (Å²) in [7, 11) is 0. The molecule has 0 radical (unpaired) electrons. The van der Waals surface area contributed by atoms with Gasteiger partial charge in [0, 0.05) is 23.0 Å². The molecule has 0 saturated heterocycles. The first kappa shape index (κ1) is 14.3. The van der Waals surface area contributed by atoms with Crippen molar-refractivity contribution < 1.29 is 9.53 Å². The van der Waals surface area contributed by atoms with E-state index in [1.807, 2.05) is 24.8 Å². The third-order valence-corrected chi connectivity index (χ3v) is 4.92. The number of hydrogen-bond acceptors (Lipinski definition) is 3. The number of aliphatic imine (C=N–C) groups is 1. The van der Waals surface area contributed by atoms with Crippen LogP contribution in [0, 0.1) is 0 Å². The van der Waals surface area contributed by atoms with Gasteiger partial charge in [-0.25, -0.2) is 4.99 Å². The first-order valence-corrected chi connectivity index (χ1v) is 8.24. The third-order valence-electron chi connectivity index (χ3n) is 4.92. The first-order valence-electron chi connectivity index (χ1n) is 8.24. The number of nitrogens with one attached hydrogen (secondary N) is 1. The van der Waals surface area contributed by atoms with Crippen LogP contribution < -0.4 is 0 Å². The number of benzene rings is 1. The van der Waals surface area contributed by atoms with E-state index in [1.165, 1.54) is 10.9 Å². The van der Waals surface area contributed by atoms with Gasteiger partial charge in [-0.3, -0.25) is 4.79 Å². The molecular formula is C18H21N3O2. The molecule has 3 heterocycles. The van der Waals surface area contributed by atoms with Crippen molar-refractivity contribution in [3.63, 3.8) is 0 Å². The molecule has 0 bridgehead atoms. The maximum atomic E-state index is 12.7. The van der Waals surface area contributed by atoms with Gasteiger partial charge < -0.3 is 14.6 Å². The lowest BCUT2D eigenvalue weighted by atomic mass is 9.90. The first-order chi connectivity index (χ1) is 11.1. The van der Waals surface area contributed by atoms with Crippen molar-refractivity contribution in [3.05, 3.63) is 35.5 Å². The molecule has 0 unspecified atom stereocenters. The molecule has 1 amide bonds. The Bertz CT molecular complexity index is 808. The molecule has 0 fully saturated rings. The van der Waals surface area contributed by atoms with E-state index in [0.717, 1.165) is 17.6 Å². The van der Waals surface area contributed by atoms with Gasteiger partial charge in [-0.2, -0.15) is 0 Å². The van der Waals surface area contributed by atoms with E-state index >= 15 is 0 Å². The molecule has 0 saturated carbocycles. The fourth-order valence-electron chi connectivity index (χ4n) is 3.88. The molecule has 0 spiro atoms. The van der Waals surface area contributed by atoms with Crippen LogP contribution >= 0.6 is 0 Å². The van der Waals surface area contributed by atoms with Gasteiger partial charge in [0.15, 0.2) is 0 Å². The molecule has 1 aromatic carbocycles. The summed E-state index contributed by atoms with van der Waals surface area (Å²) in [4.78, 5) is 22.6. The molecule has 5 nitrogen and oxygen atoms in total. The highest BCUT2D eigenvalue weighted by Gasteiger charge is 2.44. The SMILES string of the molecule is CCOC1=N[C@@H](C)C(=O)N2[C@H](C)c3[nH]c4ccccc4c3C[C@@H]12. The molecule has 2 aliphatic heterocycles. The fraction of sp³-hybridized carbons (Fsp3) is 0.444. The Kier molecular flexibility index (Phi) is 3.18. The van der Waals surface area contributed by atoms with Crippen LogP contribution in [0.25, 0.3) is 10.9 Å². The maximum absolute atomic E-state index is 12.7. The van der Waals surface area contributed by atoms with Crippen LogP contribution in [0.2, 0.25) is 0 Å². The Morgan fingerprint density at radius 1 is 1.35 bits per heavy atom. The second-order valence-electron chi connectivity index (χ2n) is 6.28. The van der Waals surface area contributed by atoms with Crippen LogP contribution in [0.1, 0.15) is 38.1 Å². The van der Waals surface area contributed by atoms with Gasteiger partial charge in [0.05, 0.1) is 12.6 Å². The second kappa shape index (κ2) is 5.11. The van der Waals surface area contributed by atoms with Gasteiger partial charge in [0.2, 0.25) is 11.8 Å². The molecule has 5 heteroatoms. The quantitative estimate of drug-likeness (QED) is 0.880. The number of carbonyl (C=O) groups is 1. The van der Waals surface area contributed by atoms with E-state index in [0.29, 0.717) is 12.5 Å². The number of H-pyrrole nitrogens is 1. The van der Waals surface area contributed by atoms with Gasteiger partial charge in [-0.1, -0.05) is 18.2 Å². The predicted octanol–water partition coefficient (Wildman–Crippen LogP) is 2.82. The normalized spacial score (nSPS) is 26.7. The standard InChI is InChI=1S/C18H21N3O2/c1-4-23-17-15-9-13-12-7-5-6-8-14(12)20-16(13)11(3)21(15)18(22)10(2)19-17/h5-8,10-11,15,20H,4,9H2,1-3H3/t10-,11+,15-/m0/s1. The summed E-state index contributed by atoms with van der Waals surface area (Å²) >= 11 is 0. The van der Waals surface area contributed by atoms with Crippen molar-refractivity contribution in [1.82, 2.24) is 9.88 Å². The van der Waals surface area contributed by atoms with Crippen LogP contribution in [0.3, 0.4) is 0 Å². The van der Waals surface area contributed by atoms with Crippen molar-refractivity contribution in [2.45, 2.75) is 45.3 Å². The van der Waals surface area contributed by atoms with Crippen molar-refractivity contribution >= 4 is 22.7 Å². The molecule has 23 heavy (non-hydrogen) atoms. The van der Waals surface area contributed by atoms with E-state index < -0.39 is 0 Å². The van der Waals surface area contributed by atoms with Crippen molar-refractivity contribution in [2.75, 3.05) is 6.61 Å². The van der Waals surface area contributed by atoms with Crippen LogP contribution in [0.4, 0.5) is 0 Å². The number of amides is 1. The summed E-state index contributed by atoms with van der Waals surface area (Å²) in [5.41, 5.74) is 3.55. The average molecular weight is 311 g/mol. The highest BCUT2D eigenvalue weighted by molar-refractivity contribution is 5.97. The Morgan fingerprint density at radius 3 is 2.91 bits per heavy atom. The van der Waals surface area contributed by atoms with Gasteiger partial charge >= 0.3 is 0 Å². The minimum absolute atomic E-state index is 0.00273. The van der Waals surface area contributed by atoms with Gasteiger partial charge in [-0.15, -0.1) is 0 Å². The highest BCUT2D eigenvalue weighted by Crippen LogP contribution is 2.39. The van der Waals surface area contributed by atoms with Gasteiger partial charge in [0.25, 0.3) is 0 Å². The minimum atomic E-state index is -0.374. The maximum Gasteiger partial charge on any atom is 0.248 e. The number of ether oxygens (including phenoxy) is 1. The van der Waals surface area contributed by atoms with E-state index in [4.69, 9.17) is 4.74 Å². The number of aromatic amines is 1. The van der Waals surface area contributed by atoms with Crippen LogP contribution in [-0.2, 0) is 16.0 Å². The number of hydrogen-bond donors (Lipinski definition) is 1. The molecule has 2 aromatic rings. The molecular weight excluding hydrogens is 290 g/mol. The summed E-state index contributed by atoms with van der Waals surface area (Å²) in [6.45, 7) is 6.45. The second-order valence-corrected chi connectivity index (χ2v) is 6.28. The predicted molar refractivity (Wildman–Crippen MR) is 89.6 cm³/mol. The van der Waals surface area contributed by atoms with Gasteiger partial charge in [-0.05, 0) is 32.4 Å². The summed E-state index contributed by atoms with van der Waals surface area (Å²) in [6.07, 6.45) is 0.751. The average Bonchev–Trinajstić information content (AvgIpc) is 2.92. The topological polar surface area (TPSA) is 57.7 Å². The zero-order valence-electron chi connectivity index (χ0n) is 13.7. The Labute approximate surface area is 135 Å². The third kappa shape index (κ3) is 1.99. The van der Waals surface area contributed by atoms with E-state index in [-0.39, 0.29) is 24.0 Å². The zero-order chi connectivity index (χ0) is 16.1. The van der Waals surface area contributed by atoms with Crippen LogP contribution in [-0.4, -0.2) is 40.4 Å². The smallest absolute Gasteiger partial charge is 0.248 e. The highest BCUT2D eigenvalue weighted by atomic mass is 16.5. The molecule has 120 valence electrons. The number of aromatic nitrogens is 1. The number of carbonyl (C=O) groups excluding carboxylic acids is 1. The number of nitrogens with zero attached hydrogens (tertiary/aromatic N) is 2. The van der Waals surface area contributed by atoms with Crippen LogP contribution in [0.15, 0.2) is 29.3 Å². The number of rotatable bonds is 1. The Hall–Kier alpha value is -2.30. The summed E-state index contributed by atoms with van der Waals surface area (Å²) in [6, 6.07) is 7.83. The van der Waals surface area contributed by atoms with Crippen molar-refractivity contribution in [1.29, 1.82) is 0 Å². The number of fused-ring (bicyclic) bond motifs is 4. The number of para-hydroxylation sites is 1. The lowest BCUT2D eigenvalue weighted by Crippen LogP contribution is -2.56. The Morgan fingerprint density at radius 2 is 2.13 bits per heavy atom. The van der Waals surface area contributed by atoms with E-state index in [2.05, 4.69) is 35.1 Å². The molecule has 3 atom stereocenters. The van der Waals surface area contributed by atoms with Gasteiger partial charge in [0.1, 0.15) is 12.1 Å². The largest absolute Gasteiger partial charge is 0.480 e. The van der Waals surface area contributed by atoms with Crippen LogP contribution in [0.5, 0.6) is 0 Å². The minimum Gasteiger partial charge on any atom is -0.480 e.